The topological polar surface area (TPSA) is 70.2 Å². The van der Waals surface area contributed by atoms with E-state index >= 15 is 0 Å². The first kappa shape index (κ1) is 16.5. The van der Waals surface area contributed by atoms with Gasteiger partial charge in [0.1, 0.15) is 0 Å². The fourth-order valence-electron chi connectivity index (χ4n) is 1.57. The van der Waals surface area contributed by atoms with Gasteiger partial charge in [0.2, 0.25) is 5.91 Å². The van der Waals surface area contributed by atoms with Crippen LogP contribution in [0.4, 0.5) is 5.69 Å². The second kappa shape index (κ2) is 8.55. The van der Waals surface area contributed by atoms with E-state index in [9.17, 15) is 9.59 Å². The summed E-state index contributed by atoms with van der Waals surface area (Å²) in [5.41, 5.74) is 0.997. The van der Waals surface area contributed by atoms with Crippen LogP contribution in [0.3, 0.4) is 0 Å². The molecule has 0 spiro atoms. The minimum Gasteiger partial charge on any atom is -0.352 e. The number of halogens is 1. The Morgan fingerprint density at radius 1 is 1.25 bits per heavy atom. The van der Waals surface area contributed by atoms with Gasteiger partial charge in [-0.25, -0.2) is 0 Å². The predicted molar refractivity (Wildman–Crippen MR) is 81.2 cm³/mol. The lowest BCUT2D eigenvalue weighted by Crippen LogP contribution is -2.24. The smallest absolute Gasteiger partial charge is 0.252 e. The molecule has 0 heterocycles. The average molecular weight is 298 g/mol. The highest BCUT2D eigenvalue weighted by molar-refractivity contribution is 6.34. The lowest BCUT2D eigenvalue weighted by Gasteiger charge is -2.09. The summed E-state index contributed by atoms with van der Waals surface area (Å²) in [5, 5.41) is 8.71. The third-order valence-electron chi connectivity index (χ3n) is 2.64. The predicted octanol–water partition coefficient (Wildman–Crippen LogP) is 2.03. The molecule has 0 bridgehead atoms. The Kier molecular flexibility index (Phi) is 7.04. The van der Waals surface area contributed by atoms with E-state index in [1.165, 1.54) is 0 Å². The van der Waals surface area contributed by atoms with Crippen molar-refractivity contribution in [3.63, 3.8) is 0 Å². The number of carbonyl (C=O) groups excluding carboxylic acids is 2. The van der Waals surface area contributed by atoms with Gasteiger partial charge in [0.15, 0.2) is 0 Å². The molecule has 1 aromatic carbocycles. The molecule has 2 amide bonds. The zero-order valence-corrected chi connectivity index (χ0v) is 12.5. The second-order valence-electron chi connectivity index (χ2n) is 4.35. The summed E-state index contributed by atoms with van der Waals surface area (Å²) in [4.78, 5) is 23.4. The molecule has 3 N–H and O–H groups in total. The normalized spacial score (nSPS) is 10.2. The van der Waals surface area contributed by atoms with E-state index < -0.39 is 0 Å². The van der Waals surface area contributed by atoms with Gasteiger partial charge in [0.25, 0.3) is 5.91 Å². The Bertz CT molecular complexity index is 477. The van der Waals surface area contributed by atoms with Crippen LogP contribution in [-0.4, -0.2) is 32.0 Å². The van der Waals surface area contributed by atoms with Gasteiger partial charge in [-0.15, -0.1) is 0 Å². The maximum Gasteiger partial charge on any atom is 0.252 e. The number of hydrogen-bond acceptors (Lipinski definition) is 3. The lowest BCUT2D eigenvalue weighted by molar-refractivity contribution is -0.116. The fourth-order valence-corrected chi connectivity index (χ4v) is 1.84. The Morgan fingerprint density at radius 3 is 2.60 bits per heavy atom. The van der Waals surface area contributed by atoms with Crippen LogP contribution in [0.1, 0.15) is 30.1 Å². The van der Waals surface area contributed by atoms with Crippen molar-refractivity contribution >= 4 is 29.1 Å². The number of anilines is 1. The Balaban J connectivity index is 2.67. The van der Waals surface area contributed by atoms with E-state index in [0.717, 1.165) is 6.42 Å². The standard InChI is InChI=1S/C14H20ClN3O2/c1-3-7-17-14(20)11-5-4-10(9-12(11)15)18-13(19)6-8-16-2/h4-5,9,16H,3,6-8H2,1-2H3,(H,17,20)(H,18,19). The molecule has 6 heteroatoms. The van der Waals surface area contributed by atoms with Crippen molar-refractivity contribution in [1.82, 2.24) is 10.6 Å². The molecule has 0 aliphatic rings. The highest BCUT2D eigenvalue weighted by Gasteiger charge is 2.11. The van der Waals surface area contributed by atoms with Gasteiger partial charge in [-0.05, 0) is 31.7 Å². The van der Waals surface area contributed by atoms with Crippen molar-refractivity contribution in [2.75, 3.05) is 25.5 Å². The quantitative estimate of drug-likeness (QED) is 0.721. The first-order valence-corrected chi connectivity index (χ1v) is 6.98. The molecule has 0 saturated carbocycles. The number of hydrogen-bond donors (Lipinski definition) is 3. The number of rotatable bonds is 7. The molecule has 1 aromatic rings. The fraction of sp³-hybridized carbons (Fsp3) is 0.429. The number of benzene rings is 1. The Labute approximate surface area is 124 Å². The molecular formula is C14H20ClN3O2. The van der Waals surface area contributed by atoms with Gasteiger partial charge >= 0.3 is 0 Å². The summed E-state index contributed by atoms with van der Waals surface area (Å²) in [6.07, 6.45) is 1.25. The van der Waals surface area contributed by atoms with E-state index in [1.807, 2.05) is 6.92 Å². The summed E-state index contributed by atoms with van der Waals surface area (Å²) in [5.74, 6) is -0.302. The largest absolute Gasteiger partial charge is 0.352 e. The van der Waals surface area contributed by atoms with Crippen molar-refractivity contribution < 1.29 is 9.59 Å². The van der Waals surface area contributed by atoms with Crippen molar-refractivity contribution in [2.24, 2.45) is 0 Å². The SMILES string of the molecule is CCCNC(=O)c1ccc(NC(=O)CCNC)cc1Cl. The molecule has 20 heavy (non-hydrogen) atoms. The van der Waals surface area contributed by atoms with Crippen LogP contribution in [0.25, 0.3) is 0 Å². The minimum atomic E-state index is -0.204. The molecule has 0 atom stereocenters. The lowest BCUT2D eigenvalue weighted by atomic mass is 10.2. The monoisotopic (exact) mass is 297 g/mol. The zero-order chi connectivity index (χ0) is 15.0. The van der Waals surface area contributed by atoms with Crippen LogP contribution in [0.5, 0.6) is 0 Å². The van der Waals surface area contributed by atoms with Gasteiger partial charge in [0, 0.05) is 25.2 Å². The van der Waals surface area contributed by atoms with Crippen LogP contribution in [0.2, 0.25) is 5.02 Å². The molecule has 0 unspecified atom stereocenters. The molecule has 0 fully saturated rings. The minimum absolute atomic E-state index is 0.0985. The van der Waals surface area contributed by atoms with Crippen molar-refractivity contribution in [1.29, 1.82) is 0 Å². The number of carbonyl (C=O) groups is 2. The van der Waals surface area contributed by atoms with E-state index in [2.05, 4.69) is 16.0 Å². The molecule has 0 aliphatic carbocycles. The summed E-state index contributed by atoms with van der Waals surface area (Å²) < 4.78 is 0. The summed E-state index contributed by atoms with van der Waals surface area (Å²) in [7, 11) is 1.79. The summed E-state index contributed by atoms with van der Waals surface area (Å²) in [6, 6.07) is 4.87. The van der Waals surface area contributed by atoms with Crippen molar-refractivity contribution in [2.45, 2.75) is 19.8 Å². The summed E-state index contributed by atoms with van der Waals surface area (Å²) in [6.45, 7) is 3.19. The second-order valence-corrected chi connectivity index (χ2v) is 4.76. The molecule has 0 radical (unpaired) electrons. The number of amides is 2. The Morgan fingerprint density at radius 2 is 2.00 bits per heavy atom. The molecule has 0 aromatic heterocycles. The third-order valence-corrected chi connectivity index (χ3v) is 2.95. The summed E-state index contributed by atoms with van der Waals surface area (Å²) >= 11 is 6.07. The average Bonchev–Trinajstić information content (AvgIpc) is 2.42. The van der Waals surface area contributed by atoms with E-state index in [1.54, 1.807) is 25.2 Å². The van der Waals surface area contributed by atoms with Gasteiger partial charge in [-0.1, -0.05) is 18.5 Å². The highest BCUT2D eigenvalue weighted by atomic mass is 35.5. The van der Waals surface area contributed by atoms with E-state index in [0.29, 0.717) is 35.8 Å². The molecule has 1 rings (SSSR count). The van der Waals surface area contributed by atoms with E-state index in [4.69, 9.17) is 11.6 Å². The van der Waals surface area contributed by atoms with Crippen LogP contribution < -0.4 is 16.0 Å². The maximum absolute atomic E-state index is 11.8. The van der Waals surface area contributed by atoms with Gasteiger partial charge in [-0.3, -0.25) is 9.59 Å². The molecule has 0 aliphatic heterocycles. The van der Waals surface area contributed by atoms with Crippen LogP contribution in [0, 0.1) is 0 Å². The van der Waals surface area contributed by atoms with Gasteiger partial charge in [-0.2, -0.15) is 0 Å². The van der Waals surface area contributed by atoms with Crippen LogP contribution >= 0.6 is 11.6 Å². The number of nitrogens with one attached hydrogen (secondary N) is 3. The van der Waals surface area contributed by atoms with E-state index in [-0.39, 0.29) is 11.8 Å². The molecular weight excluding hydrogens is 278 g/mol. The molecule has 110 valence electrons. The van der Waals surface area contributed by atoms with Gasteiger partial charge < -0.3 is 16.0 Å². The zero-order valence-electron chi connectivity index (χ0n) is 11.8. The third kappa shape index (κ3) is 5.19. The molecule has 0 saturated heterocycles. The first-order valence-electron chi connectivity index (χ1n) is 6.60. The van der Waals surface area contributed by atoms with Crippen molar-refractivity contribution in [3.05, 3.63) is 28.8 Å². The van der Waals surface area contributed by atoms with Gasteiger partial charge in [0.05, 0.1) is 10.6 Å². The molecule has 5 nitrogen and oxygen atoms in total. The maximum atomic E-state index is 11.8. The Hall–Kier alpha value is -1.59. The first-order chi connectivity index (χ1) is 9.58. The van der Waals surface area contributed by atoms with Crippen LogP contribution in [-0.2, 0) is 4.79 Å². The van der Waals surface area contributed by atoms with Crippen molar-refractivity contribution in [3.8, 4) is 0 Å². The van der Waals surface area contributed by atoms with Crippen LogP contribution in [0.15, 0.2) is 18.2 Å². The highest BCUT2D eigenvalue weighted by Crippen LogP contribution is 2.21.